The van der Waals surface area contributed by atoms with Crippen LogP contribution in [0.4, 0.5) is 8.78 Å². The first-order valence-electron chi connectivity index (χ1n) is 7.64. The number of alkyl halides is 2. The lowest BCUT2D eigenvalue weighted by Gasteiger charge is -2.07. The average molecular weight is 314 g/mol. The number of para-hydroxylation sites is 1. The highest BCUT2D eigenvalue weighted by Crippen LogP contribution is 2.36. The van der Waals surface area contributed by atoms with Gasteiger partial charge in [-0.3, -0.25) is 4.79 Å². The zero-order valence-corrected chi connectivity index (χ0v) is 12.7. The molecule has 3 nitrogen and oxygen atoms in total. The van der Waals surface area contributed by atoms with Gasteiger partial charge in [0.25, 0.3) is 5.91 Å². The normalized spacial score (nSPS) is 14.4. The molecule has 0 unspecified atom stereocenters. The lowest BCUT2D eigenvalue weighted by Crippen LogP contribution is -2.17. The van der Waals surface area contributed by atoms with Crippen LogP contribution in [0.15, 0.2) is 36.4 Å². The number of fused-ring (bicyclic) bond motifs is 5. The number of hydrogen-bond acceptors (Lipinski definition) is 1. The largest absolute Gasteiger partial charge is 0.340 e. The van der Waals surface area contributed by atoms with Gasteiger partial charge in [-0.05, 0) is 23.8 Å². The van der Waals surface area contributed by atoms with Gasteiger partial charge in [0.2, 0.25) is 6.43 Å². The van der Waals surface area contributed by atoms with Gasteiger partial charge >= 0.3 is 0 Å². The van der Waals surface area contributed by atoms with E-state index in [1.54, 1.807) is 11.9 Å². The predicted molar refractivity (Wildman–Crippen MR) is 85.9 cm³/mol. The molecule has 0 spiro atoms. The maximum absolute atomic E-state index is 12.7. The number of carbonyl (C=O) groups is 1. The summed E-state index contributed by atoms with van der Waals surface area (Å²) in [6.45, 7) is 0.832. The Hall–Kier alpha value is -2.43. The summed E-state index contributed by atoms with van der Waals surface area (Å²) >= 11 is 0. The fraction of sp³-hybridized carbons (Fsp3) is 0.278. The van der Waals surface area contributed by atoms with Crippen LogP contribution in [0.2, 0.25) is 0 Å². The molecule has 0 N–H and O–H groups in total. The maximum Gasteiger partial charge on any atom is 0.254 e. The number of halogens is 2. The first kappa shape index (κ1) is 14.2. The van der Waals surface area contributed by atoms with Crippen molar-refractivity contribution in [3.05, 3.63) is 47.5 Å². The summed E-state index contributed by atoms with van der Waals surface area (Å²) in [7, 11) is 1.78. The predicted octanol–water partition coefficient (Wildman–Crippen LogP) is 4.04. The van der Waals surface area contributed by atoms with Crippen molar-refractivity contribution in [2.24, 2.45) is 0 Å². The van der Waals surface area contributed by atoms with E-state index in [9.17, 15) is 13.6 Å². The Morgan fingerprint density at radius 2 is 1.91 bits per heavy atom. The van der Waals surface area contributed by atoms with Crippen molar-refractivity contribution in [2.45, 2.75) is 25.9 Å². The first-order valence-corrected chi connectivity index (χ1v) is 7.64. The molecule has 3 aromatic rings. The molecule has 4 rings (SSSR count). The molecule has 5 heteroatoms. The standard InChI is InChI=1S/C18H16F2N2O/c1-21-10-13-11(18(21)23)6-7-15-17(13)12-4-2-3-5-14(12)22(15)9-8-16(19)20/h2-7,16H,8-10H2,1H3. The third-order valence-corrected chi connectivity index (χ3v) is 4.59. The summed E-state index contributed by atoms with van der Waals surface area (Å²) < 4.78 is 27.3. The zero-order valence-electron chi connectivity index (χ0n) is 12.7. The minimum atomic E-state index is -2.33. The molecule has 2 heterocycles. The van der Waals surface area contributed by atoms with E-state index in [-0.39, 0.29) is 18.9 Å². The van der Waals surface area contributed by atoms with Crippen LogP contribution >= 0.6 is 0 Å². The second kappa shape index (κ2) is 5.05. The van der Waals surface area contributed by atoms with Crippen molar-refractivity contribution in [2.75, 3.05) is 7.05 Å². The quantitative estimate of drug-likeness (QED) is 0.716. The van der Waals surface area contributed by atoms with E-state index in [0.717, 1.165) is 32.9 Å². The topological polar surface area (TPSA) is 25.2 Å². The van der Waals surface area contributed by atoms with Gasteiger partial charge in [-0.25, -0.2) is 8.78 Å². The molecule has 0 bridgehead atoms. The minimum Gasteiger partial charge on any atom is -0.340 e. The van der Waals surface area contributed by atoms with Crippen molar-refractivity contribution < 1.29 is 13.6 Å². The third kappa shape index (κ3) is 2.03. The highest BCUT2D eigenvalue weighted by atomic mass is 19.3. The molecule has 23 heavy (non-hydrogen) atoms. The monoisotopic (exact) mass is 314 g/mol. The molecule has 1 amide bonds. The van der Waals surface area contributed by atoms with Crippen LogP contribution in [0.1, 0.15) is 22.3 Å². The number of benzene rings is 2. The molecule has 1 aliphatic rings. The van der Waals surface area contributed by atoms with E-state index < -0.39 is 6.43 Å². The molecule has 1 aromatic heterocycles. The zero-order chi connectivity index (χ0) is 16.1. The maximum atomic E-state index is 12.7. The SMILES string of the molecule is CN1Cc2c(ccc3c2c2ccccc2n3CCC(F)F)C1=O. The Morgan fingerprint density at radius 3 is 2.70 bits per heavy atom. The number of nitrogens with zero attached hydrogens (tertiary/aromatic N) is 2. The number of aryl methyl sites for hydroxylation is 1. The van der Waals surface area contributed by atoms with Crippen LogP contribution in [-0.2, 0) is 13.1 Å². The fourth-order valence-electron chi connectivity index (χ4n) is 3.56. The lowest BCUT2D eigenvalue weighted by molar-refractivity contribution is 0.0816. The van der Waals surface area contributed by atoms with Gasteiger partial charge in [0, 0.05) is 53.9 Å². The summed E-state index contributed by atoms with van der Waals surface area (Å²) in [6, 6.07) is 11.5. The van der Waals surface area contributed by atoms with Crippen molar-refractivity contribution in [1.82, 2.24) is 9.47 Å². The van der Waals surface area contributed by atoms with Gasteiger partial charge in [-0.15, -0.1) is 0 Å². The van der Waals surface area contributed by atoms with Crippen molar-refractivity contribution in [3.8, 4) is 0 Å². The summed E-state index contributed by atoms with van der Waals surface area (Å²) in [6.07, 6.45) is -2.50. The molecule has 2 aromatic carbocycles. The van der Waals surface area contributed by atoms with Gasteiger partial charge in [-0.2, -0.15) is 0 Å². The van der Waals surface area contributed by atoms with Crippen LogP contribution in [-0.4, -0.2) is 28.8 Å². The summed E-state index contributed by atoms with van der Waals surface area (Å²) in [4.78, 5) is 13.9. The summed E-state index contributed by atoms with van der Waals surface area (Å²) in [5.74, 6) is 0.0197. The Kier molecular flexibility index (Phi) is 3.11. The van der Waals surface area contributed by atoms with Crippen LogP contribution in [0, 0.1) is 0 Å². The molecule has 0 saturated carbocycles. The van der Waals surface area contributed by atoms with Gasteiger partial charge in [-0.1, -0.05) is 18.2 Å². The number of rotatable bonds is 3. The van der Waals surface area contributed by atoms with Crippen molar-refractivity contribution in [3.63, 3.8) is 0 Å². The molecule has 1 aliphatic heterocycles. The Morgan fingerprint density at radius 1 is 1.13 bits per heavy atom. The van der Waals surface area contributed by atoms with Crippen molar-refractivity contribution in [1.29, 1.82) is 0 Å². The highest BCUT2D eigenvalue weighted by Gasteiger charge is 2.28. The highest BCUT2D eigenvalue weighted by molar-refractivity contribution is 6.14. The summed E-state index contributed by atoms with van der Waals surface area (Å²) in [5.41, 5.74) is 3.59. The first-order chi connectivity index (χ1) is 11.1. The Balaban J connectivity index is 2.03. The van der Waals surface area contributed by atoms with Crippen LogP contribution in [0.25, 0.3) is 21.8 Å². The third-order valence-electron chi connectivity index (χ3n) is 4.59. The van der Waals surface area contributed by atoms with E-state index in [1.165, 1.54) is 0 Å². The number of amides is 1. The minimum absolute atomic E-state index is 0.0197. The van der Waals surface area contributed by atoms with Gasteiger partial charge in [0.05, 0.1) is 0 Å². The van der Waals surface area contributed by atoms with E-state index in [1.807, 2.05) is 41.0 Å². The van der Waals surface area contributed by atoms with E-state index in [2.05, 4.69) is 0 Å². The summed E-state index contributed by atoms with van der Waals surface area (Å²) in [5, 5.41) is 2.04. The Labute approximate surface area is 132 Å². The molecule has 0 saturated heterocycles. The molecular weight excluding hydrogens is 298 g/mol. The van der Waals surface area contributed by atoms with Crippen LogP contribution < -0.4 is 0 Å². The molecule has 0 atom stereocenters. The smallest absolute Gasteiger partial charge is 0.254 e. The average Bonchev–Trinajstić information content (AvgIpc) is 3.01. The fourth-order valence-corrected chi connectivity index (χ4v) is 3.56. The van der Waals surface area contributed by atoms with Crippen LogP contribution in [0.5, 0.6) is 0 Å². The van der Waals surface area contributed by atoms with E-state index in [0.29, 0.717) is 6.54 Å². The van der Waals surface area contributed by atoms with E-state index in [4.69, 9.17) is 0 Å². The second-order valence-corrected chi connectivity index (χ2v) is 6.00. The Bertz CT molecular complexity index is 930. The number of hydrogen-bond donors (Lipinski definition) is 0. The molecule has 0 radical (unpaired) electrons. The van der Waals surface area contributed by atoms with Gasteiger partial charge in [0.1, 0.15) is 0 Å². The number of aromatic nitrogens is 1. The van der Waals surface area contributed by atoms with Gasteiger partial charge in [0.15, 0.2) is 0 Å². The number of carbonyl (C=O) groups excluding carboxylic acids is 1. The molecule has 118 valence electrons. The van der Waals surface area contributed by atoms with Crippen LogP contribution in [0.3, 0.4) is 0 Å². The van der Waals surface area contributed by atoms with E-state index >= 15 is 0 Å². The van der Waals surface area contributed by atoms with Crippen molar-refractivity contribution >= 4 is 27.7 Å². The second-order valence-electron chi connectivity index (χ2n) is 6.00. The molecule has 0 fully saturated rings. The van der Waals surface area contributed by atoms with Gasteiger partial charge < -0.3 is 9.47 Å². The molecule has 0 aliphatic carbocycles. The molecular formula is C18H16F2N2O. The lowest BCUT2D eigenvalue weighted by atomic mass is 10.0.